The Balaban J connectivity index is 1.72. The second-order valence-corrected chi connectivity index (χ2v) is 7.22. The molecule has 1 heterocycles. The topological polar surface area (TPSA) is 77.0 Å². The number of methoxy groups -OCH3 is 1. The Morgan fingerprint density at radius 3 is 2.55 bits per heavy atom. The number of allylic oxidation sites excluding steroid dienone is 1. The maximum atomic E-state index is 12.6. The summed E-state index contributed by atoms with van der Waals surface area (Å²) in [6.45, 7) is 1.14. The summed E-state index contributed by atoms with van der Waals surface area (Å²) in [5, 5.41) is 12.0. The molecule has 0 unspecified atom stereocenters. The quantitative estimate of drug-likeness (QED) is 0.481. The Bertz CT molecular complexity index is 928. The van der Waals surface area contributed by atoms with Gasteiger partial charge >= 0.3 is 0 Å². The number of ether oxygens (including phenoxy) is 3. The van der Waals surface area contributed by atoms with Crippen LogP contribution in [-0.2, 0) is 32.2 Å². The van der Waals surface area contributed by atoms with Crippen molar-refractivity contribution in [3.8, 4) is 12.3 Å². The van der Waals surface area contributed by atoms with Crippen LogP contribution in [0.3, 0.4) is 0 Å². The summed E-state index contributed by atoms with van der Waals surface area (Å²) in [5.74, 6) is 2.49. The molecule has 162 valence electrons. The SMILES string of the molecule is C#Cc1ccc([C@H]2C=C(C(=O)NCCOC)O[C@@H](OCc3ccc(CO)cc3)C2)cc1. The van der Waals surface area contributed by atoms with Crippen LogP contribution in [0.2, 0.25) is 0 Å². The van der Waals surface area contributed by atoms with Crippen LogP contribution < -0.4 is 5.32 Å². The third kappa shape index (κ3) is 6.43. The molecule has 0 bridgehead atoms. The molecule has 2 N–H and O–H groups in total. The molecule has 0 spiro atoms. The van der Waals surface area contributed by atoms with Crippen molar-refractivity contribution in [3.05, 3.63) is 82.6 Å². The number of rotatable bonds is 9. The molecule has 1 aliphatic heterocycles. The molecular formula is C25H27NO5. The second-order valence-electron chi connectivity index (χ2n) is 7.22. The summed E-state index contributed by atoms with van der Waals surface area (Å²) >= 11 is 0. The molecule has 0 aliphatic carbocycles. The van der Waals surface area contributed by atoms with E-state index in [9.17, 15) is 9.90 Å². The molecular weight excluding hydrogens is 394 g/mol. The van der Waals surface area contributed by atoms with E-state index in [2.05, 4.69) is 11.2 Å². The fourth-order valence-corrected chi connectivity index (χ4v) is 3.26. The van der Waals surface area contributed by atoms with Crippen LogP contribution in [0.15, 0.2) is 60.4 Å². The van der Waals surface area contributed by atoms with Gasteiger partial charge in [0.25, 0.3) is 5.91 Å². The number of carbonyl (C=O) groups is 1. The first-order chi connectivity index (χ1) is 15.1. The number of aliphatic hydroxyl groups excluding tert-OH is 1. The van der Waals surface area contributed by atoms with Gasteiger partial charge in [0.15, 0.2) is 5.76 Å². The van der Waals surface area contributed by atoms with Gasteiger partial charge < -0.3 is 24.6 Å². The van der Waals surface area contributed by atoms with Gasteiger partial charge in [-0.15, -0.1) is 6.42 Å². The Hall–Kier alpha value is -3.11. The van der Waals surface area contributed by atoms with Gasteiger partial charge in [-0.3, -0.25) is 4.79 Å². The highest BCUT2D eigenvalue weighted by Crippen LogP contribution is 2.32. The third-order valence-electron chi connectivity index (χ3n) is 5.02. The van der Waals surface area contributed by atoms with Crippen LogP contribution in [-0.4, -0.2) is 37.6 Å². The number of aliphatic hydroxyl groups is 1. The molecule has 0 saturated heterocycles. The zero-order valence-electron chi connectivity index (χ0n) is 17.5. The lowest BCUT2D eigenvalue weighted by molar-refractivity contribution is -0.150. The predicted octanol–water partition coefficient (Wildman–Crippen LogP) is 2.85. The molecule has 2 aromatic rings. The van der Waals surface area contributed by atoms with E-state index in [4.69, 9.17) is 20.6 Å². The monoisotopic (exact) mass is 421 g/mol. The van der Waals surface area contributed by atoms with Gasteiger partial charge in [-0.1, -0.05) is 42.3 Å². The van der Waals surface area contributed by atoms with Gasteiger partial charge in [-0.2, -0.15) is 0 Å². The molecule has 0 radical (unpaired) electrons. The number of terminal acetylenes is 1. The summed E-state index contributed by atoms with van der Waals surface area (Å²) in [7, 11) is 1.58. The van der Waals surface area contributed by atoms with Crippen LogP contribution in [0, 0.1) is 12.3 Å². The molecule has 0 fully saturated rings. The largest absolute Gasteiger partial charge is 0.459 e. The zero-order valence-corrected chi connectivity index (χ0v) is 17.5. The molecule has 3 rings (SSSR count). The van der Waals surface area contributed by atoms with Crippen molar-refractivity contribution in [1.29, 1.82) is 0 Å². The van der Waals surface area contributed by atoms with Crippen molar-refractivity contribution in [2.75, 3.05) is 20.3 Å². The van der Waals surface area contributed by atoms with Gasteiger partial charge in [0.2, 0.25) is 6.29 Å². The fourth-order valence-electron chi connectivity index (χ4n) is 3.26. The van der Waals surface area contributed by atoms with E-state index in [0.717, 1.165) is 22.3 Å². The van der Waals surface area contributed by atoms with Crippen LogP contribution in [0.4, 0.5) is 0 Å². The first-order valence-electron chi connectivity index (χ1n) is 10.2. The average Bonchev–Trinajstić information content (AvgIpc) is 2.83. The van der Waals surface area contributed by atoms with Gasteiger partial charge in [0, 0.05) is 31.6 Å². The summed E-state index contributed by atoms with van der Waals surface area (Å²) in [5.41, 5.74) is 3.63. The summed E-state index contributed by atoms with van der Waals surface area (Å²) < 4.78 is 16.8. The number of hydrogen-bond donors (Lipinski definition) is 2. The first kappa shape index (κ1) is 22.6. The van der Waals surface area contributed by atoms with E-state index >= 15 is 0 Å². The van der Waals surface area contributed by atoms with Crippen molar-refractivity contribution >= 4 is 5.91 Å². The maximum absolute atomic E-state index is 12.6. The number of carbonyl (C=O) groups excluding carboxylic acids is 1. The molecule has 1 amide bonds. The highest BCUT2D eigenvalue weighted by atomic mass is 16.7. The Kier molecular flexibility index (Phi) is 8.25. The molecule has 1 aliphatic rings. The number of amides is 1. The smallest absolute Gasteiger partial charge is 0.286 e. The van der Waals surface area contributed by atoms with E-state index in [0.29, 0.717) is 26.2 Å². The molecule has 2 atom stereocenters. The lowest BCUT2D eigenvalue weighted by Gasteiger charge is -2.29. The first-order valence-corrected chi connectivity index (χ1v) is 10.2. The van der Waals surface area contributed by atoms with Gasteiger partial charge in [0.1, 0.15) is 0 Å². The van der Waals surface area contributed by atoms with E-state index in [1.54, 1.807) is 7.11 Å². The van der Waals surface area contributed by atoms with Crippen LogP contribution in [0.1, 0.15) is 34.6 Å². The average molecular weight is 421 g/mol. The van der Waals surface area contributed by atoms with Crippen molar-refractivity contribution < 1.29 is 24.1 Å². The zero-order chi connectivity index (χ0) is 22.1. The summed E-state index contributed by atoms with van der Waals surface area (Å²) in [6, 6.07) is 15.2. The van der Waals surface area contributed by atoms with E-state index in [1.807, 2.05) is 54.6 Å². The molecule has 0 aromatic heterocycles. The molecule has 0 saturated carbocycles. The molecule has 31 heavy (non-hydrogen) atoms. The minimum atomic E-state index is -0.581. The van der Waals surface area contributed by atoms with Crippen molar-refractivity contribution in [1.82, 2.24) is 5.32 Å². The highest BCUT2D eigenvalue weighted by molar-refractivity contribution is 5.91. The second kappa shape index (κ2) is 11.3. The van der Waals surface area contributed by atoms with E-state index < -0.39 is 6.29 Å². The normalized spacial score (nSPS) is 17.9. The van der Waals surface area contributed by atoms with Crippen LogP contribution >= 0.6 is 0 Å². The number of nitrogens with one attached hydrogen (secondary N) is 1. The lowest BCUT2D eigenvalue weighted by Crippen LogP contribution is -2.34. The van der Waals surface area contributed by atoms with Gasteiger partial charge in [-0.25, -0.2) is 0 Å². The Labute approximate surface area is 182 Å². The number of benzene rings is 2. The Morgan fingerprint density at radius 2 is 1.90 bits per heavy atom. The van der Waals surface area contributed by atoms with Gasteiger partial charge in [0.05, 0.1) is 19.8 Å². The van der Waals surface area contributed by atoms with Crippen molar-refractivity contribution in [2.24, 2.45) is 0 Å². The van der Waals surface area contributed by atoms with Crippen molar-refractivity contribution in [3.63, 3.8) is 0 Å². The maximum Gasteiger partial charge on any atom is 0.286 e. The van der Waals surface area contributed by atoms with E-state index in [1.165, 1.54) is 0 Å². The fraction of sp³-hybridized carbons (Fsp3) is 0.320. The minimum Gasteiger partial charge on any atom is -0.459 e. The molecule has 6 nitrogen and oxygen atoms in total. The van der Waals surface area contributed by atoms with Gasteiger partial charge in [-0.05, 0) is 34.9 Å². The lowest BCUT2D eigenvalue weighted by atomic mass is 9.92. The Morgan fingerprint density at radius 1 is 1.19 bits per heavy atom. The molecule has 2 aromatic carbocycles. The number of hydrogen-bond acceptors (Lipinski definition) is 5. The van der Waals surface area contributed by atoms with E-state index in [-0.39, 0.29) is 24.2 Å². The molecule has 6 heteroatoms. The standard InChI is InChI=1S/C25H27NO5/c1-3-18-8-10-21(11-9-18)22-14-23(25(28)26-12-13-29-2)31-24(15-22)30-17-20-6-4-19(16-27)5-7-20/h1,4-11,14,22,24,27H,12-13,15-17H2,2H3,(H,26,28)/t22-,24+/m0/s1. The van der Waals surface area contributed by atoms with Crippen molar-refractivity contribution in [2.45, 2.75) is 31.8 Å². The van der Waals surface area contributed by atoms with Crippen LogP contribution in [0.25, 0.3) is 0 Å². The minimum absolute atomic E-state index is 0.000638. The van der Waals surface area contributed by atoms with Crippen LogP contribution in [0.5, 0.6) is 0 Å². The highest BCUT2D eigenvalue weighted by Gasteiger charge is 2.28. The third-order valence-corrected chi connectivity index (χ3v) is 5.02. The summed E-state index contributed by atoms with van der Waals surface area (Å²) in [6.07, 6.45) is 7.26. The summed E-state index contributed by atoms with van der Waals surface area (Å²) in [4.78, 5) is 12.6. The predicted molar refractivity (Wildman–Crippen MR) is 117 cm³/mol.